The van der Waals surface area contributed by atoms with Crippen molar-refractivity contribution in [1.82, 2.24) is 0 Å². The van der Waals surface area contributed by atoms with E-state index in [9.17, 15) is 0 Å². The SMILES string of the molecule is C(=C1CCC1=CP(c1ccccc1)c1ccccc1)P(c1ccccc1)c1ccccc1. The van der Waals surface area contributed by atoms with Crippen LogP contribution < -0.4 is 21.2 Å². The third-order valence-corrected chi connectivity index (χ3v) is 10.3. The highest BCUT2D eigenvalue weighted by molar-refractivity contribution is 7.76. The number of allylic oxidation sites excluding steroid dienone is 2. The van der Waals surface area contributed by atoms with Crippen molar-refractivity contribution in [1.29, 1.82) is 0 Å². The number of hydrogen-bond donors (Lipinski definition) is 0. The van der Waals surface area contributed by atoms with E-state index in [2.05, 4.69) is 133 Å². The molecule has 1 aliphatic carbocycles. The van der Waals surface area contributed by atoms with Crippen LogP contribution >= 0.6 is 15.8 Å². The Labute approximate surface area is 193 Å². The summed E-state index contributed by atoms with van der Waals surface area (Å²) in [6.07, 6.45) is 2.36. The third-order valence-electron chi connectivity index (χ3n) is 5.78. The summed E-state index contributed by atoms with van der Waals surface area (Å²) in [4.78, 5) is 0. The van der Waals surface area contributed by atoms with Gasteiger partial charge < -0.3 is 0 Å². The molecular weight excluding hydrogens is 422 g/mol. The molecule has 0 atom stereocenters. The largest absolute Gasteiger partial charge is 0.0622 e. The summed E-state index contributed by atoms with van der Waals surface area (Å²) in [5.74, 6) is 5.14. The van der Waals surface area contributed by atoms with Crippen molar-refractivity contribution in [2.24, 2.45) is 0 Å². The molecule has 156 valence electrons. The van der Waals surface area contributed by atoms with Gasteiger partial charge in [0.1, 0.15) is 0 Å². The van der Waals surface area contributed by atoms with Gasteiger partial charge in [-0.05, 0) is 72.7 Å². The first kappa shape index (κ1) is 21.1. The van der Waals surface area contributed by atoms with E-state index in [0.717, 1.165) is 0 Å². The Morgan fingerprint density at radius 3 is 0.844 bits per heavy atom. The molecule has 0 bridgehead atoms. The van der Waals surface area contributed by atoms with Gasteiger partial charge in [0.15, 0.2) is 0 Å². The molecule has 1 fully saturated rings. The molecule has 0 N–H and O–H groups in total. The maximum atomic E-state index is 2.57. The van der Waals surface area contributed by atoms with E-state index in [1.54, 1.807) is 0 Å². The van der Waals surface area contributed by atoms with Crippen molar-refractivity contribution in [2.75, 3.05) is 0 Å². The van der Waals surface area contributed by atoms with Crippen LogP contribution in [0, 0.1) is 0 Å². The van der Waals surface area contributed by atoms with Gasteiger partial charge in [0.2, 0.25) is 0 Å². The zero-order chi connectivity index (χ0) is 21.6. The quantitative estimate of drug-likeness (QED) is 0.284. The number of benzene rings is 4. The van der Waals surface area contributed by atoms with Crippen LogP contribution in [0.4, 0.5) is 0 Å². The highest BCUT2D eigenvalue weighted by atomic mass is 31.1. The molecule has 1 aliphatic rings. The first-order valence-corrected chi connectivity index (χ1v) is 13.9. The average Bonchev–Trinajstić information content (AvgIpc) is 2.86. The minimum Gasteiger partial charge on any atom is -0.0622 e. The van der Waals surface area contributed by atoms with Crippen LogP contribution in [0.3, 0.4) is 0 Å². The Morgan fingerprint density at radius 1 is 0.375 bits per heavy atom. The van der Waals surface area contributed by atoms with E-state index in [-0.39, 0.29) is 0 Å². The highest BCUT2D eigenvalue weighted by Crippen LogP contribution is 2.47. The molecule has 4 aromatic rings. The molecule has 2 heteroatoms. The topological polar surface area (TPSA) is 0 Å². The maximum Gasteiger partial charge on any atom is -0.0157 e. The Hall–Kier alpha value is -2.78. The van der Waals surface area contributed by atoms with Gasteiger partial charge in [0.05, 0.1) is 0 Å². The van der Waals surface area contributed by atoms with Crippen LogP contribution in [0.25, 0.3) is 0 Å². The molecule has 4 aromatic carbocycles. The van der Waals surface area contributed by atoms with Crippen LogP contribution in [-0.4, -0.2) is 0 Å². The molecule has 0 heterocycles. The second-order valence-corrected chi connectivity index (χ2v) is 12.0. The fraction of sp³-hybridized carbons (Fsp3) is 0.0667. The predicted octanol–water partition coefficient (Wildman–Crippen LogP) is 6.81. The van der Waals surface area contributed by atoms with Crippen LogP contribution in [-0.2, 0) is 0 Å². The van der Waals surface area contributed by atoms with E-state index in [1.165, 1.54) is 45.2 Å². The van der Waals surface area contributed by atoms with Crippen LogP contribution in [0.2, 0.25) is 0 Å². The van der Waals surface area contributed by atoms with Crippen LogP contribution in [0.1, 0.15) is 12.8 Å². The summed E-state index contributed by atoms with van der Waals surface area (Å²) in [7, 11) is -1.00. The molecule has 32 heavy (non-hydrogen) atoms. The van der Waals surface area contributed by atoms with Gasteiger partial charge in [-0.15, -0.1) is 0 Å². The first-order valence-electron chi connectivity index (χ1n) is 11.1. The van der Waals surface area contributed by atoms with Crippen LogP contribution in [0.15, 0.2) is 144 Å². The van der Waals surface area contributed by atoms with Gasteiger partial charge in [0.25, 0.3) is 0 Å². The van der Waals surface area contributed by atoms with Crippen molar-refractivity contribution in [3.63, 3.8) is 0 Å². The van der Waals surface area contributed by atoms with Gasteiger partial charge in [-0.1, -0.05) is 121 Å². The third kappa shape index (κ3) is 4.83. The second-order valence-electron chi connectivity index (χ2n) is 7.89. The summed E-state index contributed by atoms with van der Waals surface area (Å²) in [5.41, 5.74) is 3.06. The molecule has 0 saturated heterocycles. The van der Waals surface area contributed by atoms with E-state index in [0.29, 0.717) is 0 Å². The lowest BCUT2D eigenvalue weighted by Crippen LogP contribution is -2.14. The van der Waals surface area contributed by atoms with Gasteiger partial charge in [-0.3, -0.25) is 0 Å². The fourth-order valence-electron chi connectivity index (χ4n) is 3.97. The Balaban J connectivity index is 1.53. The van der Waals surface area contributed by atoms with Crippen molar-refractivity contribution in [2.45, 2.75) is 12.8 Å². The predicted molar refractivity (Wildman–Crippen MR) is 144 cm³/mol. The monoisotopic (exact) mass is 448 g/mol. The number of hydrogen-bond acceptors (Lipinski definition) is 0. The molecule has 0 unspecified atom stereocenters. The summed E-state index contributed by atoms with van der Waals surface area (Å²) in [5, 5.41) is 5.67. The van der Waals surface area contributed by atoms with Gasteiger partial charge in [0, 0.05) is 0 Å². The van der Waals surface area contributed by atoms with Crippen molar-refractivity contribution in [3.8, 4) is 0 Å². The lowest BCUT2D eigenvalue weighted by atomic mass is 9.88. The Bertz CT molecular complexity index is 1020. The molecular formula is C30H26P2. The van der Waals surface area contributed by atoms with E-state index in [1.807, 2.05) is 0 Å². The molecule has 1 saturated carbocycles. The minimum absolute atomic E-state index is 0.501. The van der Waals surface area contributed by atoms with E-state index >= 15 is 0 Å². The molecule has 0 aromatic heterocycles. The average molecular weight is 448 g/mol. The molecule has 0 aliphatic heterocycles. The molecule has 0 spiro atoms. The summed E-state index contributed by atoms with van der Waals surface area (Å²) >= 11 is 0. The second kappa shape index (κ2) is 10.2. The summed E-state index contributed by atoms with van der Waals surface area (Å²) < 4.78 is 0. The van der Waals surface area contributed by atoms with Crippen molar-refractivity contribution in [3.05, 3.63) is 144 Å². The zero-order valence-electron chi connectivity index (χ0n) is 18.0. The normalized spacial score (nSPS) is 15.9. The van der Waals surface area contributed by atoms with Gasteiger partial charge in [-0.2, -0.15) is 0 Å². The zero-order valence-corrected chi connectivity index (χ0v) is 19.8. The molecule has 0 nitrogen and oxygen atoms in total. The maximum absolute atomic E-state index is 2.57. The molecule has 5 rings (SSSR count). The smallest absolute Gasteiger partial charge is 0.0157 e. The summed E-state index contributed by atoms with van der Waals surface area (Å²) in [6.45, 7) is 0. The fourth-order valence-corrected chi connectivity index (χ4v) is 8.35. The Morgan fingerprint density at radius 2 is 0.625 bits per heavy atom. The lowest BCUT2D eigenvalue weighted by molar-refractivity contribution is 0.830. The number of rotatable bonds is 6. The standard InChI is InChI=1S/C30H26P2/c1-5-13-27(14-6-1)31(28-15-7-2-8-16-28)23-25-21-22-26(25)24-32(29-17-9-3-10-18-29)30-19-11-4-12-20-30/h1-20,23-24H,21-22H2. The minimum atomic E-state index is -0.501. The highest BCUT2D eigenvalue weighted by Gasteiger charge is 2.22. The van der Waals surface area contributed by atoms with Crippen LogP contribution in [0.5, 0.6) is 0 Å². The van der Waals surface area contributed by atoms with Crippen molar-refractivity contribution >= 4 is 37.1 Å². The summed E-state index contributed by atoms with van der Waals surface area (Å²) in [6, 6.07) is 43.9. The lowest BCUT2D eigenvalue weighted by Gasteiger charge is -2.27. The van der Waals surface area contributed by atoms with Gasteiger partial charge >= 0.3 is 0 Å². The molecule has 0 amide bonds. The first-order chi connectivity index (χ1) is 15.9. The van der Waals surface area contributed by atoms with Crippen molar-refractivity contribution < 1.29 is 0 Å². The Kier molecular flexibility index (Phi) is 6.74. The van der Waals surface area contributed by atoms with E-state index in [4.69, 9.17) is 0 Å². The molecule has 0 radical (unpaired) electrons. The van der Waals surface area contributed by atoms with Gasteiger partial charge in [-0.25, -0.2) is 0 Å². The van der Waals surface area contributed by atoms with E-state index < -0.39 is 15.8 Å².